The number of amides is 1. The molecule has 1 amide bonds. The van der Waals surface area contributed by atoms with Gasteiger partial charge in [-0.15, -0.1) is 0 Å². The van der Waals surface area contributed by atoms with Crippen molar-refractivity contribution in [3.05, 3.63) is 82.6 Å². The van der Waals surface area contributed by atoms with E-state index in [1.54, 1.807) is 19.5 Å². The Morgan fingerprint density at radius 1 is 1.27 bits per heavy atom. The third-order valence-corrected chi connectivity index (χ3v) is 4.33. The van der Waals surface area contributed by atoms with Crippen LogP contribution in [-0.4, -0.2) is 22.6 Å². The molecule has 1 heterocycles. The van der Waals surface area contributed by atoms with Gasteiger partial charge >= 0.3 is 0 Å². The number of imidazole rings is 1. The zero-order valence-corrected chi connectivity index (χ0v) is 15.0. The Morgan fingerprint density at radius 2 is 2.00 bits per heavy atom. The van der Waals surface area contributed by atoms with Gasteiger partial charge in [-0.3, -0.25) is 4.79 Å². The summed E-state index contributed by atoms with van der Waals surface area (Å²) in [6.45, 7) is 0. The molecule has 7 heteroatoms. The fourth-order valence-corrected chi connectivity index (χ4v) is 2.88. The van der Waals surface area contributed by atoms with Gasteiger partial charge in [0.05, 0.1) is 17.7 Å². The summed E-state index contributed by atoms with van der Waals surface area (Å²) in [5.41, 5.74) is 1.02. The highest BCUT2D eigenvalue weighted by atomic mass is 35.5. The van der Waals surface area contributed by atoms with Gasteiger partial charge in [-0.25, -0.2) is 9.37 Å². The number of ether oxygens (including phenoxy) is 1. The summed E-state index contributed by atoms with van der Waals surface area (Å²) in [4.78, 5) is 17.1. The first kappa shape index (κ1) is 17.9. The zero-order valence-electron chi connectivity index (χ0n) is 14.2. The van der Waals surface area contributed by atoms with Crippen molar-refractivity contribution in [1.29, 1.82) is 0 Å². The van der Waals surface area contributed by atoms with Gasteiger partial charge in [-0.1, -0.05) is 23.7 Å². The lowest BCUT2D eigenvalue weighted by atomic mass is 10.0. The van der Waals surface area contributed by atoms with E-state index < -0.39 is 17.8 Å². The van der Waals surface area contributed by atoms with Crippen molar-refractivity contribution in [3.63, 3.8) is 0 Å². The molecule has 0 aliphatic rings. The topological polar surface area (TPSA) is 56.1 Å². The Labute approximate surface area is 155 Å². The van der Waals surface area contributed by atoms with E-state index in [1.807, 2.05) is 35.9 Å². The third kappa shape index (κ3) is 3.70. The second-order valence-electron chi connectivity index (χ2n) is 5.70. The van der Waals surface area contributed by atoms with Crippen LogP contribution < -0.4 is 10.1 Å². The smallest absolute Gasteiger partial charge is 0.253 e. The number of carbonyl (C=O) groups is 1. The van der Waals surface area contributed by atoms with Gasteiger partial charge in [0.1, 0.15) is 23.4 Å². The Bertz CT molecular complexity index is 925. The van der Waals surface area contributed by atoms with Gasteiger partial charge in [0.2, 0.25) is 0 Å². The Morgan fingerprint density at radius 3 is 2.58 bits per heavy atom. The van der Waals surface area contributed by atoms with Crippen LogP contribution in [0.5, 0.6) is 5.75 Å². The van der Waals surface area contributed by atoms with Crippen LogP contribution in [0.15, 0.2) is 54.9 Å². The molecule has 0 aliphatic carbocycles. The number of aromatic nitrogens is 2. The van der Waals surface area contributed by atoms with E-state index in [4.69, 9.17) is 16.3 Å². The fraction of sp³-hybridized carbons (Fsp3) is 0.158. The molecule has 0 aliphatic heterocycles. The van der Waals surface area contributed by atoms with Crippen LogP contribution in [0.3, 0.4) is 0 Å². The molecule has 134 valence electrons. The number of methoxy groups -OCH3 is 1. The number of nitrogens with zero attached hydrogens (tertiary/aromatic N) is 2. The zero-order chi connectivity index (χ0) is 18.7. The Balaban J connectivity index is 1.95. The molecule has 3 rings (SSSR count). The number of halogens is 2. The molecule has 0 saturated heterocycles. The first-order chi connectivity index (χ1) is 12.5. The minimum Gasteiger partial charge on any atom is -0.497 e. The van der Waals surface area contributed by atoms with Gasteiger partial charge in [0.25, 0.3) is 5.91 Å². The van der Waals surface area contributed by atoms with E-state index in [0.717, 1.165) is 11.6 Å². The predicted octanol–water partition coefficient (Wildman–Crippen LogP) is 3.74. The molecule has 0 radical (unpaired) electrons. The molecule has 1 N–H and O–H groups in total. The molecular formula is C19H17ClFN3O2. The van der Waals surface area contributed by atoms with Crippen molar-refractivity contribution >= 4 is 17.5 Å². The van der Waals surface area contributed by atoms with Crippen LogP contribution in [-0.2, 0) is 7.05 Å². The number of hydrogen-bond donors (Lipinski definition) is 1. The first-order valence-corrected chi connectivity index (χ1v) is 8.24. The number of hydrogen-bond acceptors (Lipinski definition) is 3. The van der Waals surface area contributed by atoms with E-state index in [2.05, 4.69) is 10.3 Å². The number of benzene rings is 2. The van der Waals surface area contributed by atoms with Crippen LogP contribution in [0.2, 0.25) is 5.02 Å². The number of nitrogens with one attached hydrogen (secondary N) is 1. The van der Waals surface area contributed by atoms with Crippen molar-refractivity contribution < 1.29 is 13.9 Å². The number of aryl methyl sites for hydroxylation is 1. The van der Waals surface area contributed by atoms with E-state index >= 15 is 0 Å². The predicted molar refractivity (Wildman–Crippen MR) is 96.9 cm³/mol. The highest BCUT2D eigenvalue weighted by Gasteiger charge is 2.22. The summed E-state index contributed by atoms with van der Waals surface area (Å²) in [6, 6.07) is 10.5. The van der Waals surface area contributed by atoms with Gasteiger partial charge in [0, 0.05) is 19.4 Å². The van der Waals surface area contributed by atoms with Crippen molar-refractivity contribution in [2.45, 2.75) is 6.04 Å². The normalized spacial score (nSPS) is 11.8. The molecule has 1 aromatic heterocycles. The van der Waals surface area contributed by atoms with Crippen molar-refractivity contribution in [2.24, 2.45) is 7.05 Å². The SMILES string of the molecule is COc1ccc(C(NC(=O)c2ccc(F)cc2Cl)c2nccn2C)cc1. The summed E-state index contributed by atoms with van der Waals surface area (Å²) in [6.07, 6.45) is 3.45. The summed E-state index contributed by atoms with van der Waals surface area (Å²) in [5, 5.41) is 2.97. The summed E-state index contributed by atoms with van der Waals surface area (Å²) in [5.74, 6) is 0.447. The molecular weight excluding hydrogens is 357 g/mol. The largest absolute Gasteiger partial charge is 0.497 e. The lowest BCUT2D eigenvalue weighted by Gasteiger charge is -2.20. The molecule has 0 spiro atoms. The fourth-order valence-electron chi connectivity index (χ4n) is 2.63. The second kappa shape index (κ2) is 7.58. The number of rotatable bonds is 5. The van der Waals surface area contributed by atoms with Crippen LogP contribution in [0, 0.1) is 5.82 Å². The van der Waals surface area contributed by atoms with Gasteiger partial charge in [0.15, 0.2) is 0 Å². The van der Waals surface area contributed by atoms with Crippen molar-refractivity contribution in [3.8, 4) is 5.75 Å². The van der Waals surface area contributed by atoms with Crippen molar-refractivity contribution in [2.75, 3.05) is 7.11 Å². The minimum atomic E-state index is -0.505. The molecule has 1 atom stereocenters. The quantitative estimate of drug-likeness (QED) is 0.741. The molecule has 26 heavy (non-hydrogen) atoms. The van der Waals surface area contributed by atoms with E-state index in [0.29, 0.717) is 11.6 Å². The molecule has 0 fully saturated rings. The maximum Gasteiger partial charge on any atom is 0.253 e. The Kier molecular flexibility index (Phi) is 5.23. The van der Waals surface area contributed by atoms with Crippen LogP contribution in [0.1, 0.15) is 27.8 Å². The molecule has 2 aromatic carbocycles. The molecule has 1 unspecified atom stereocenters. The van der Waals surface area contributed by atoms with Crippen LogP contribution in [0.25, 0.3) is 0 Å². The van der Waals surface area contributed by atoms with Crippen molar-refractivity contribution in [1.82, 2.24) is 14.9 Å². The molecule has 3 aromatic rings. The summed E-state index contributed by atoms with van der Waals surface area (Å²) < 4.78 is 20.2. The highest BCUT2D eigenvalue weighted by Crippen LogP contribution is 2.25. The molecule has 0 bridgehead atoms. The lowest BCUT2D eigenvalue weighted by molar-refractivity contribution is 0.0941. The standard InChI is InChI=1S/C19H17ClFN3O2/c1-24-10-9-22-18(24)17(12-3-6-14(26-2)7-4-12)23-19(25)15-8-5-13(21)11-16(15)20/h3-11,17H,1-2H3,(H,23,25). The maximum atomic E-state index is 13.2. The van der Waals surface area contributed by atoms with E-state index in [-0.39, 0.29) is 10.6 Å². The maximum absolute atomic E-state index is 13.2. The summed E-state index contributed by atoms with van der Waals surface area (Å²) >= 11 is 6.01. The van der Waals surface area contributed by atoms with Crippen LogP contribution >= 0.6 is 11.6 Å². The third-order valence-electron chi connectivity index (χ3n) is 4.02. The monoisotopic (exact) mass is 373 g/mol. The van der Waals surface area contributed by atoms with Gasteiger partial charge < -0.3 is 14.6 Å². The first-order valence-electron chi connectivity index (χ1n) is 7.86. The average molecular weight is 374 g/mol. The second-order valence-corrected chi connectivity index (χ2v) is 6.11. The molecule has 5 nitrogen and oxygen atoms in total. The Hall–Kier alpha value is -2.86. The van der Waals surface area contributed by atoms with E-state index in [1.165, 1.54) is 12.1 Å². The minimum absolute atomic E-state index is 0.0517. The van der Waals surface area contributed by atoms with E-state index in [9.17, 15) is 9.18 Å². The molecule has 0 saturated carbocycles. The van der Waals surface area contributed by atoms with Gasteiger partial charge in [-0.2, -0.15) is 0 Å². The van der Waals surface area contributed by atoms with Gasteiger partial charge in [-0.05, 0) is 35.9 Å². The average Bonchev–Trinajstić information content (AvgIpc) is 3.05. The lowest BCUT2D eigenvalue weighted by Crippen LogP contribution is -2.31. The highest BCUT2D eigenvalue weighted by molar-refractivity contribution is 6.33. The van der Waals surface area contributed by atoms with Crippen LogP contribution in [0.4, 0.5) is 4.39 Å². The number of carbonyl (C=O) groups excluding carboxylic acids is 1. The summed E-state index contributed by atoms with van der Waals surface area (Å²) in [7, 11) is 3.43.